The molecule has 0 bridgehead atoms. The van der Waals surface area contributed by atoms with Crippen LogP contribution < -0.4 is 4.90 Å². The quantitative estimate of drug-likeness (QED) is 0.763. The van der Waals surface area contributed by atoms with Gasteiger partial charge in [0.05, 0.1) is 12.2 Å². The third-order valence-corrected chi connectivity index (χ3v) is 3.78. The summed E-state index contributed by atoms with van der Waals surface area (Å²) in [6.45, 7) is 6.13. The lowest BCUT2D eigenvalue weighted by Crippen LogP contribution is -2.23. The van der Waals surface area contributed by atoms with E-state index in [0.29, 0.717) is 0 Å². The summed E-state index contributed by atoms with van der Waals surface area (Å²) in [6, 6.07) is 12.7. The Bertz CT molecular complexity index is 526. The monoisotopic (exact) mass is 318 g/mol. The van der Waals surface area contributed by atoms with E-state index < -0.39 is 0 Å². The van der Waals surface area contributed by atoms with E-state index in [-0.39, 0.29) is 0 Å². The number of benzene rings is 1. The number of hydrogen-bond donors (Lipinski definition) is 0. The molecule has 1 aromatic heterocycles. The van der Waals surface area contributed by atoms with E-state index in [0.717, 1.165) is 24.1 Å². The molecule has 0 atom stereocenters. The molecule has 1 aromatic carbocycles. The van der Waals surface area contributed by atoms with Crippen LogP contribution in [0.25, 0.3) is 0 Å². The van der Waals surface area contributed by atoms with Gasteiger partial charge in [0.2, 0.25) is 0 Å². The second-order valence-corrected chi connectivity index (χ2v) is 5.16. The third-order valence-electron chi connectivity index (χ3n) is 3.18. The number of aromatic nitrogens is 1. The molecule has 0 fully saturated rings. The van der Waals surface area contributed by atoms with Gasteiger partial charge in [0.25, 0.3) is 0 Å². The number of anilines is 1. The maximum atomic E-state index is 4.41. The summed E-state index contributed by atoms with van der Waals surface area (Å²) in [4.78, 5) is 6.77. The lowest BCUT2D eigenvalue weighted by molar-refractivity contribution is 0.806. The Morgan fingerprint density at radius 1 is 1.21 bits per heavy atom. The summed E-state index contributed by atoms with van der Waals surface area (Å²) >= 11 is 3.58. The third kappa shape index (κ3) is 3.57. The SMILES string of the molecule is CCN(Cc1ccccn1)c1ccc(C)cc1CBr. The molecule has 0 amide bonds. The Hall–Kier alpha value is -1.35. The Labute approximate surface area is 123 Å². The number of alkyl halides is 1. The van der Waals surface area contributed by atoms with Gasteiger partial charge in [-0.25, -0.2) is 0 Å². The van der Waals surface area contributed by atoms with Crippen LogP contribution in [0.4, 0.5) is 5.69 Å². The summed E-state index contributed by atoms with van der Waals surface area (Å²) in [5, 5.41) is 0.878. The van der Waals surface area contributed by atoms with Crippen LogP contribution in [0.5, 0.6) is 0 Å². The zero-order valence-corrected chi connectivity index (χ0v) is 13.0. The van der Waals surface area contributed by atoms with Crippen molar-refractivity contribution in [3.8, 4) is 0 Å². The summed E-state index contributed by atoms with van der Waals surface area (Å²) < 4.78 is 0. The largest absolute Gasteiger partial charge is 0.366 e. The Morgan fingerprint density at radius 3 is 2.68 bits per heavy atom. The molecule has 0 aliphatic carbocycles. The van der Waals surface area contributed by atoms with Gasteiger partial charge in [-0.2, -0.15) is 0 Å². The standard InChI is InChI=1S/C16H19BrN2/c1-3-19(12-15-6-4-5-9-18-15)16-8-7-13(2)10-14(16)11-17/h4-10H,3,11-12H2,1-2H3. The first-order valence-corrected chi connectivity index (χ1v) is 7.67. The Kier molecular flexibility index (Phi) is 4.97. The molecular formula is C16H19BrN2. The van der Waals surface area contributed by atoms with E-state index in [2.05, 4.69) is 63.9 Å². The van der Waals surface area contributed by atoms with Crippen molar-refractivity contribution in [1.29, 1.82) is 0 Å². The van der Waals surface area contributed by atoms with E-state index in [1.54, 1.807) is 0 Å². The van der Waals surface area contributed by atoms with Gasteiger partial charge in [0.15, 0.2) is 0 Å². The maximum absolute atomic E-state index is 4.41. The fourth-order valence-corrected chi connectivity index (χ4v) is 2.63. The summed E-state index contributed by atoms with van der Waals surface area (Å²) in [5.74, 6) is 0. The van der Waals surface area contributed by atoms with E-state index in [9.17, 15) is 0 Å². The molecule has 100 valence electrons. The number of aryl methyl sites for hydroxylation is 1. The molecule has 2 nitrogen and oxygen atoms in total. The van der Waals surface area contributed by atoms with Gasteiger partial charge in [-0.3, -0.25) is 4.98 Å². The second kappa shape index (κ2) is 6.71. The lowest BCUT2D eigenvalue weighted by atomic mass is 10.1. The highest BCUT2D eigenvalue weighted by atomic mass is 79.9. The number of halogens is 1. The van der Waals surface area contributed by atoms with E-state index in [4.69, 9.17) is 0 Å². The minimum absolute atomic E-state index is 0.848. The minimum atomic E-state index is 0.848. The summed E-state index contributed by atoms with van der Waals surface area (Å²) in [6.07, 6.45) is 1.85. The first kappa shape index (κ1) is 14.1. The van der Waals surface area contributed by atoms with Crippen molar-refractivity contribution >= 4 is 21.6 Å². The average molecular weight is 319 g/mol. The summed E-state index contributed by atoms with van der Waals surface area (Å²) in [5.41, 5.74) is 5.02. The van der Waals surface area contributed by atoms with Crippen molar-refractivity contribution in [1.82, 2.24) is 4.98 Å². The van der Waals surface area contributed by atoms with Crippen LogP contribution in [-0.4, -0.2) is 11.5 Å². The van der Waals surface area contributed by atoms with Gasteiger partial charge < -0.3 is 4.90 Å². The first-order chi connectivity index (χ1) is 9.24. The van der Waals surface area contributed by atoms with Crippen LogP contribution in [-0.2, 0) is 11.9 Å². The normalized spacial score (nSPS) is 10.5. The molecular weight excluding hydrogens is 300 g/mol. The Balaban J connectivity index is 2.27. The molecule has 19 heavy (non-hydrogen) atoms. The van der Waals surface area contributed by atoms with Crippen LogP contribution in [0.3, 0.4) is 0 Å². The van der Waals surface area contributed by atoms with E-state index in [1.807, 2.05) is 18.3 Å². The molecule has 0 aliphatic heterocycles. The van der Waals surface area contributed by atoms with Gasteiger partial charge in [-0.05, 0) is 37.6 Å². The van der Waals surface area contributed by atoms with Gasteiger partial charge >= 0.3 is 0 Å². The molecule has 3 heteroatoms. The smallest absolute Gasteiger partial charge is 0.0602 e. The van der Waals surface area contributed by atoms with Crippen molar-refractivity contribution in [2.45, 2.75) is 25.7 Å². The van der Waals surface area contributed by atoms with Gasteiger partial charge in [0.1, 0.15) is 0 Å². The predicted octanol–water partition coefficient (Wildman–Crippen LogP) is 4.31. The number of pyridine rings is 1. The fraction of sp³-hybridized carbons (Fsp3) is 0.312. The zero-order valence-electron chi connectivity index (χ0n) is 11.4. The van der Waals surface area contributed by atoms with Crippen LogP contribution in [0, 0.1) is 6.92 Å². The molecule has 0 saturated carbocycles. The van der Waals surface area contributed by atoms with Crippen LogP contribution in [0.15, 0.2) is 42.6 Å². The fourth-order valence-electron chi connectivity index (χ4n) is 2.18. The molecule has 0 aliphatic rings. The van der Waals surface area contributed by atoms with Crippen LogP contribution in [0.1, 0.15) is 23.7 Å². The molecule has 1 heterocycles. The molecule has 0 spiro atoms. The highest BCUT2D eigenvalue weighted by molar-refractivity contribution is 9.08. The zero-order chi connectivity index (χ0) is 13.7. The van der Waals surface area contributed by atoms with Crippen molar-refractivity contribution in [2.24, 2.45) is 0 Å². The van der Waals surface area contributed by atoms with Crippen LogP contribution >= 0.6 is 15.9 Å². The van der Waals surface area contributed by atoms with Crippen molar-refractivity contribution < 1.29 is 0 Å². The lowest BCUT2D eigenvalue weighted by Gasteiger charge is -2.25. The van der Waals surface area contributed by atoms with Gasteiger partial charge in [-0.15, -0.1) is 0 Å². The van der Waals surface area contributed by atoms with Crippen LogP contribution in [0.2, 0.25) is 0 Å². The van der Waals surface area contributed by atoms with Crippen molar-refractivity contribution in [3.05, 3.63) is 59.4 Å². The highest BCUT2D eigenvalue weighted by Crippen LogP contribution is 2.25. The van der Waals surface area contributed by atoms with E-state index in [1.165, 1.54) is 16.8 Å². The molecule has 0 radical (unpaired) electrons. The number of rotatable bonds is 5. The molecule has 2 rings (SSSR count). The second-order valence-electron chi connectivity index (χ2n) is 4.60. The average Bonchev–Trinajstić information content (AvgIpc) is 2.46. The number of hydrogen-bond acceptors (Lipinski definition) is 2. The number of nitrogens with zero attached hydrogens (tertiary/aromatic N) is 2. The summed E-state index contributed by atoms with van der Waals surface area (Å²) in [7, 11) is 0. The maximum Gasteiger partial charge on any atom is 0.0602 e. The predicted molar refractivity (Wildman–Crippen MR) is 84.8 cm³/mol. The minimum Gasteiger partial charge on any atom is -0.366 e. The molecule has 0 N–H and O–H groups in total. The molecule has 2 aromatic rings. The molecule has 0 unspecified atom stereocenters. The highest BCUT2D eigenvalue weighted by Gasteiger charge is 2.10. The van der Waals surface area contributed by atoms with E-state index >= 15 is 0 Å². The van der Waals surface area contributed by atoms with Gasteiger partial charge in [-0.1, -0.05) is 39.7 Å². The Morgan fingerprint density at radius 2 is 2.05 bits per heavy atom. The first-order valence-electron chi connectivity index (χ1n) is 6.55. The van der Waals surface area contributed by atoms with Crippen molar-refractivity contribution in [2.75, 3.05) is 11.4 Å². The topological polar surface area (TPSA) is 16.1 Å². The molecule has 0 saturated heterocycles. The van der Waals surface area contributed by atoms with Crippen molar-refractivity contribution in [3.63, 3.8) is 0 Å². The van der Waals surface area contributed by atoms with Gasteiger partial charge in [0, 0.05) is 23.8 Å².